The summed E-state index contributed by atoms with van der Waals surface area (Å²) in [6.45, 7) is 4.23. The van der Waals surface area contributed by atoms with E-state index < -0.39 is 0 Å². The van der Waals surface area contributed by atoms with Crippen LogP contribution in [0.1, 0.15) is 44.6 Å². The van der Waals surface area contributed by atoms with Crippen molar-refractivity contribution in [1.82, 2.24) is 0 Å². The molecule has 0 heterocycles. The average molecular weight is 233 g/mol. The van der Waals surface area contributed by atoms with Crippen molar-refractivity contribution in [2.75, 3.05) is 5.32 Å². The molecule has 2 heteroatoms. The van der Waals surface area contributed by atoms with E-state index in [4.69, 9.17) is 0 Å². The first-order valence-corrected chi connectivity index (χ1v) is 6.77. The van der Waals surface area contributed by atoms with Gasteiger partial charge in [-0.1, -0.05) is 26.2 Å². The number of rotatable bonds is 3. The molecule has 1 aromatic carbocycles. The van der Waals surface area contributed by atoms with E-state index in [1.54, 1.807) is 6.07 Å². The van der Waals surface area contributed by atoms with E-state index in [0.717, 1.165) is 17.2 Å². The Bertz CT molecular complexity index is 375. The highest BCUT2D eigenvalue weighted by Crippen LogP contribution is 2.30. The second-order valence-electron chi connectivity index (χ2n) is 5.20. The lowest BCUT2D eigenvalue weighted by Crippen LogP contribution is -2.31. The number of nitrogens with one attached hydrogen (secondary N) is 1. The van der Waals surface area contributed by atoms with E-state index >= 15 is 0 Å². The summed E-state index contributed by atoms with van der Waals surface area (Å²) in [5, 5.41) is 13.2. The summed E-state index contributed by atoms with van der Waals surface area (Å²) in [4.78, 5) is 0. The van der Waals surface area contributed by atoms with Crippen molar-refractivity contribution in [2.45, 2.75) is 52.0 Å². The average Bonchev–Trinajstić information content (AvgIpc) is 2.34. The maximum Gasteiger partial charge on any atom is 0.118 e. The molecule has 2 unspecified atom stereocenters. The third-order valence-electron chi connectivity index (χ3n) is 3.98. The molecule has 17 heavy (non-hydrogen) atoms. The molecule has 2 rings (SSSR count). The van der Waals surface area contributed by atoms with Crippen LogP contribution < -0.4 is 5.32 Å². The lowest BCUT2D eigenvalue weighted by atomic mass is 9.83. The number of phenols is 1. The van der Waals surface area contributed by atoms with Gasteiger partial charge in [0.1, 0.15) is 5.75 Å². The Morgan fingerprint density at radius 2 is 2.06 bits per heavy atom. The molecule has 94 valence electrons. The Hall–Kier alpha value is -1.18. The second kappa shape index (κ2) is 5.44. The van der Waals surface area contributed by atoms with E-state index in [9.17, 15) is 5.11 Å². The van der Waals surface area contributed by atoms with Crippen molar-refractivity contribution in [3.8, 4) is 5.75 Å². The van der Waals surface area contributed by atoms with Crippen LogP contribution in [0.4, 0.5) is 5.69 Å². The van der Waals surface area contributed by atoms with Crippen LogP contribution in [0.2, 0.25) is 0 Å². The predicted octanol–water partition coefficient (Wildman–Crippen LogP) is 4.08. The molecule has 1 aromatic rings. The molecule has 1 aliphatic rings. The standard InChI is InChI=1S/C15H23NO/c1-3-12-6-4-5-7-14(12)16-13-8-9-15(17)11(2)10-13/h8-10,12,14,16-17H,3-7H2,1-2H3. The lowest BCUT2D eigenvalue weighted by Gasteiger charge is -2.32. The Balaban J connectivity index is 2.05. The van der Waals surface area contributed by atoms with Gasteiger partial charge >= 0.3 is 0 Å². The molecule has 2 N–H and O–H groups in total. The summed E-state index contributed by atoms with van der Waals surface area (Å²) >= 11 is 0. The molecule has 0 aromatic heterocycles. The maximum absolute atomic E-state index is 9.52. The molecule has 1 saturated carbocycles. The van der Waals surface area contributed by atoms with Gasteiger partial charge in [-0.15, -0.1) is 0 Å². The minimum absolute atomic E-state index is 0.381. The van der Waals surface area contributed by atoms with Gasteiger partial charge in [-0.05, 0) is 49.4 Å². The van der Waals surface area contributed by atoms with E-state index in [0.29, 0.717) is 11.8 Å². The third-order valence-corrected chi connectivity index (χ3v) is 3.98. The largest absolute Gasteiger partial charge is 0.508 e. The van der Waals surface area contributed by atoms with Crippen LogP contribution in [0.15, 0.2) is 18.2 Å². The smallest absolute Gasteiger partial charge is 0.118 e. The zero-order valence-electron chi connectivity index (χ0n) is 10.9. The van der Waals surface area contributed by atoms with E-state index in [1.807, 2.05) is 19.1 Å². The summed E-state index contributed by atoms with van der Waals surface area (Å²) in [6, 6.07) is 6.40. The minimum atomic E-state index is 0.381. The summed E-state index contributed by atoms with van der Waals surface area (Å²) in [5.41, 5.74) is 2.09. The molecule has 0 radical (unpaired) electrons. The second-order valence-corrected chi connectivity index (χ2v) is 5.20. The van der Waals surface area contributed by atoms with Gasteiger partial charge in [-0.3, -0.25) is 0 Å². The Labute approximate surface area is 104 Å². The Morgan fingerprint density at radius 1 is 1.29 bits per heavy atom. The van der Waals surface area contributed by atoms with Gasteiger partial charge in [0.2, 0.25) is 0 Å². The van der Waals surface area contributed by atoms with Gasteiger partial charge in [0.15, 0.2) is 0 Å². The topological polar surface area (TPSA) is 32.3 Å². The Morgan fingerprint density at radius 3 is 2.76 bits per heavy atom. The minimum Gasteiger partial charge on any atom is -0.508 e. The molecule has 0 spiro atoms. The summed E-state index contributed by atoms with van der Waals surface area (Å²) in [7, 11) is 0. The molecule has 2 nitrogen and oxygen atoms in total. The lowest BCUT2D eigenvalue weighted by molar-refractivity contribution is 0.317. The number of aryl methyl sites for hydroxylation is 1. The number of phenolic OH excluding ortho intramolecular Hbond substituents is 1. The fraction of sp³-hybridized carbons (Fsp3) is 0.600. The van der Waals surface area contributed by atoms with Gasteiger partial charge in [0.05, 0.1) is 0 Å². The fourth-order valence-electron chi connectivity index (χ4n) is 2.85. The first-order valence-electron chi connectivity index (χ1n) is 6.77. The van der Waals surface area contributed by atoms with Crippen LogP contribution in [0.3, 0.4) is 0 Å². The number of hydrogen-bond acceptors (Lipinski definition) is 2. The SMILES string of the molecule is CCC1CCCCC1Nc1ccc(O)c(C)c1. The molecule has 0 bridgehead atoms. The van der Waals surface area contributed by atoms with Gasteiger partial charge in [0.25, 0.3) is 0 Å². The molecular weight excluding hydrogens is 210 g/mol. The fourth-order valence-corrected chi connectivity index (χ4v) is 2.85. The van der Waals surface area contributed by atoms with Gasteiger partial charge < -0.3 is 10.4 Å². The first-order chi connectivity index (χ1) is 8.20. The van der Waals surface area contributed by atoms with Gasteiger partial charge in [-0.25, -0.2) is 0 Å². The van der Waals surface area contributed by atoms with Gasteiger partial charge in [-0.2, -0.15) is 0 Å². The predicted molar refractivity (Wildman–Crippen MR) is 72.5 cm³/mol. The highest BCUT2D eigenvalue weighted by Gasteiger charge is 2.23. The highest BCUT2D eigenvalue weighted by molar-refractivity contribution is 5.51. The zero-order valence-corrected chi connectivity index (χ0v) is 10.9. The number of hydrogen-bond donors (Lipinski definition) is 2. The third kappa shape index (κ3) is 2.93. The van der Waals surface area contributed by atoms with Crippen LogP contribution in [-0.2, 0) is 0 Å². The molecule has 0 amide bonds. The summed E-state index contributed by atoms with van der Waals surface area (Å²) in [6.07, 6.45) is 6.61. The monoisotopic (exact) mass is 233 g/mol. The molecule has 1 fully saturated rings. The van der Waals surface area contributed by atoms with E-state index in [1.165, 1.54) is 32.1 Å². The van der Waals surface area contributed by atoms with Crippen LogP contribution in [-0.4, -0.2) is 11.1 Å². The van der Waals surface area contributed by atoms with Crippen molar-refractivity contribution in [2.24, 2.45) is 5.92 Å². The zero-order chi connectivity index (χ0) is 12.3. The van der Waals surface area contributed by atoms with Crippen LogP contribution in [0, 0.1) is 12.8 Å². The first kappa shape index (κ1) is 12.3. The van der Waals surface area contributed by atoms with E-state index in [2.05, 4.69) is 12.2 Å². The Kier molecular flexibility index (Phi) is 3.93. The highest BCUT2D eigenvalue weighted by atomic mass is 16.3. The summed E-state index contributed by atoms with van der Waals surface area (Å²) in [5.74, 6) is 1.18. The number of benzene rings is 1. The molecule has 1 aliphatic carbocycles. The maximum atomic E-state index is 9.52. The van der Waals surface area contributed by atoms with Gasteiger partial charge in [0, 0.05) is 11.7 Å². The van der Waals surface area contributed by atoms with Crippen molar-refractivity contribution in [1.29, 1.82) is 0 Å². The van der Waals surface area contributed by atoms with Crippen LogP contribution in [0.25, 0.3) is 0 Å². The molecule has 2 atom stereocenters. The van der Waals surface area contributed by atoms with Crippen molar-refractivity contribution >= 4 is 5.69 Å². The molecule has 0 saturated heterocycles. The van der Waals surface area contributed by atoms with Crippen LogP contribution >= 0.6 is 0 Å². The number of anilines is 1. The normalized spacial score (nSPS) is 24.6. The van der Waals surface area contributed by atoms with Crippen molar-refractivity contribution in [3.05, 3.63) is 23.8 Å². The molecule has 0 aliphatic heterocycles. The van der Waals surface area contributed by atoms with Crippen LogP contribution in [0.5, 0.6) is 5.75 Å². The number of aromatic hydroxyl groups is 1. The van der Waals surface area contributed by atoms with Crippen molar-refractivity contribution in [3.63, 3.8) is 0 Å². The van der Waals surface area contributed by atoms with Crippen molar-refractivity contribution < 1.29 is 5.11 Å². The quantitative estimate of drug-likeness (QED) is 0.771. The van der Waals surface area contributed by atoms with E-state index in [-0.39, 0.29) is 0 Å². The molecular formula is C15H23NO. The summed E-state index contributed by atoms with van der Waals surface area (Å²) < 4.78 is 0.